The van der Waals surface area contributed by atoms with E-state index in [4.69, 9.17) is 14.2 Å². The minimum Gasteiger partial charge on any atom is -0.457 e. The number of carbonyl (C=O) groups excluding carboxylic acids is 4. The summed E-state index contributed by atoms with van der Waals surface area (Å²) in [5.74, 6) is -3.65. The van der Waals surface area contributed by atoms with Crippen LogP contribution in [0.1, 0.15) is 41.5 Å². The minimum absolute atomic E-state index is 0.1000. The summed E-state index contributed by atoms with van der Waals surface area (Å²) < 4.78 is 17.3. The highest BCUT2D eigenvalue weighted by Crippen LogP contribution is 2.55. The van der Waals surface area contributed by atoms with Gasteiger partial charge in [0.25, 0.3) is 0 Å². The molecule has 0 aromatic carbocycles. The molecule has 0 bridgehead atoms. The minimum atomic E-state index is -1.17. The number of hydrogen-bond donors (Lipinski definition) is 0. The molecule has 2 fully saturated rings. The zero-order valence-electron chi connectivity index (χ0n) is 19.3. The third-order valence-corrected chi connectivity index (χ3v) is 6.91. The maximum absolute atomic E-state index is 13.1. The third-order valence-electron chi connectivity index (χ3n) is 6.91. The van der Waals surface area contributed by atoms with Gasteiger partial charge in [-0.3, -0.25) is 4.79 Å². The Morgan fingerprint density at radius 3 is 2.44 bits per heavy atom. The molecule has 1 unspecified atom stereocenters. The molecular weight excluding hydrogens is 412 g/mol. The van der Waals surface area contributed by atoms with E-state index in [2.05, 4.69) is 6.58 Å². The molecule has 1 aliphatic heterocycles. The van der Waals surface area contributed by atoms with Crippen LogP contribution in [0.15, 0.2) is 47.6 Å². The summed E-state index contributed by atoms with van der Waals surface area (Å²) in [6.07, 6.45) is 3.42. The number of rotatable bonds is 4. The maximum Gasteiger partial charge on any atom is 0.334 e. The van der Waals surface area contributed by atoms with E-state index in [1.54, 1.807) is 46.8 Å². The normalized spacial score (nSPS) is 36.1. The second-order valence-corrected chi connectivity index (χ2v) is 9.23. The second-order valence-electron chi connectivity index (χ2n) is 9.23. The second kappa shape index (κ2) is 8.52. The molecule has 0 spiro atoms. The zero-order valence-corrected chi connectivity index (χ0v) is 19.3. The first-order chi connectivity index (χ1) is 14.9. The number of fused-ring (bicyclic) bond motifs is 2. The van der Waals surface area contributed by atoms with Crippen molar-refractivity contribution in [2.45, 2.75) is 59.9 Å². The summed E-state index contributed by atoms with van der Waals surface area (Å²) in [5.41, 5.74) is 0.0680. The third kappa shape index (κ3) is 3.74. The van der Waals surface area contributed by atoms with Crippen LogP contribution in [0.2, 0.25) is 0 Å². The van der Waals surface area contributed by atoms with Gasteiger partial charge in [0.1, 0.15) is 18.3 Å². The molecule has 1 saturated carbocycles. The van der Waals surface area contributed by atoms with E-state index in [0.717, 1.165) is 5.57 Å². The molecule has 7 heteroatoms. The summed E-state index contributed by atoms with van der Waals surface area (Å²) >= 11 is 0. The quantitative estimate of drug-likeness (QED) is 0.375. The van der Waals surface area contributed by atoms with Gasteiger partial charge in [-0.25, -0.2) is 14.4 Å². The van der Waals surface area contributed by atoms with Crippen molar-refractivity contribution in [3.05, 3.63) is 47.6 Å². The van der Waals surface area contributed by atoms with Crippen LogP contribution in [0.4, 0.5) is 0 Å². The largest absolute Gasteiger partial charge is 0.457 e. The SMILES string of the molecule is C=C1C(=O)O[C@H]2C1[C@H](OC(=O)/C(C)=C\C)[C@]1(C)C(=O)C=C[C@H]1[C@H](C)[C@H]2OC(=O)C=C(C)C. The Bertz CT molecular complexity index is 965. The van der Waals surface area contributed by atoms with Crippen LogP contribution in [0, 0.1) is 23.2 Å². The highest BCUT2D eigenvalue weighted by Gasteiger charge is 2.65. The molecule has 3 aliphatic rings. The van der Waals surface area contributed by atoms with Crippen LogP contribution in [0.5, 0.6) is 0 Å². The average molecular weight is 443 g/mol. The highest BCUT2D eigenvalue weighted by molar-refractivity contribution is 5.99. The summed E-state index contributed by atoms with van der Waals surface area (Å²) in [6, 6.07) is 0. The number of carbonyl (C=O) groups is 4. The lowest BCUT2D eigenvalue weighted by molar-refractivity contribution is -0.166. The van der Waals surface area contributed by atoms with Gasteiger partial charge >= 0.3 is 17.9 Å². The molecule has 0 radical (unpaired) electrons. The molecule has 3 rings (SSSR count). The summed E-state index contributed by atoms with van der Waals surface area (Å²) in [4.78, 5) is 51.0. The van der Waals surface area contributed by atoms with Gasteiger partial charge in [0.2, 0.25) is 0 Å². The van der Waals surface area contributed by atoms with Crippen LogP contribution < -0.4 is 0 Å². The first-order valence-corrected chi connectivity index (χ1v) is 10.7. The molecule has 172 valence electrons. The van der Waals surface area contributed by atoms with Crippen molar-refractivity contribution in [1.82, 2.24) is 0 Å². The van der Waals surface area contributed by atoms with Crippen molar-refractivity contribution in [2.24, 2.45) is 23.2 Å². The topological polar surface area (TPSA) is 96.0 Å². The van der Waals surface area contributed by atoms with Crippen molar-refractivity contribution in [2.75, 3.05) is 0 Å². The first-order valence-electron chi connectivity index (χ1n) is 10.7. The van der Waals surface area contributed by atoms with Gasteiger partial charge < -0.3 is 14.2 Å². The maximum atomic E-state index is 13.1. The van der Waals surface area contributed by atoms with Gasteiger partial charge in [-0.05, 0) is 46.6 Å². The molecule has 0 N–H and O–H groups in total. The van der Waals surface area contributed by atoms with E-state index in [1.165, 1.54) is 12.2 Å². The fourth-order valence-electron chi connectivity index (χ4n) is 5.00. The van der Waals surface area contributed by atoms with Gasteiger partial charge in [-0.1, -0.05) is 31.2 Å². The van der Waals surface area contributed by atoms with Crippen LogP contribution in [0.3, 0.4) is 0 Å². The van der Waals surface area contributed by atoms with E-state index in [1.807, 2.05) is 6.92 Å². The Hall–Kier alpha value is -2.96. The first kappa shape index (κ1) is 23.7. The van der Waals surface area contributed by atoms with E-state index < -0.39 is 59.4 Å². The summed E-state index contributed by atoms with van der Waals surface area (Å²) in [5, 5.41) is 0. The molecule has 7 nitrogen and oxygen atoms in total. The number of ketones is 1. The Balaban J connectivity index is 2.14. The number of hydrogen-bond acceptors (Lipinski definition) is 7. The molecular formula is C25H30O7. The zero-order chi connectivity index (χ0) is 24.0. The number of allylic oxidation sites excluding steroid dienone is 4. The van der Waals surface area contributed by atoms with Gasteiger partial charge in [0, 0.05) is 23.1 Å². The highest BCUT2D eigenvalue weighted by atomic mass is 16.6. The van der Waals surface area contributed by atoms with Gasteiger partial charge in [0.05, 0.1) is 11.3 Å². The smallest absolute Gasteiger partial charge is 0.334 e. The van der Waals surface area contributed by atoms with Gasteiger partial charge in [-0.2, -0.15) is 0 Å². The molecule has 0 aromatic heterocycles. The molecule has 7 atom stereocenters. The number of ether oxygens (including phenoxy) is 3. The van der Waals surface area contributed by atoms with Crippen LogP contribution in [0.25, 0.3) is 0 Å². The van der Waals surface area contributed by atoms with Gasteiger partial charge in [0.15, 0.2) is 5.78 Å². The number of esters is 3. The Morgan fingerprint density at radius 1 is 1.19 bits per heavy atom. The molecule has 2 aliphatic carbocycles. The molecule has 0 amide bonds. The summed E-state index contributed by atoms with van der Waals surface area (Å²) in [6.45, 7) is 14.3. The van der Waals surface area contributed by atoms with Crippen molar-refractivity contribution in [3.63, 3.8) is 0 Å². The molecule has 1 saturated heterocycles. The van der Waals surface area contributed by atoms with Crippen LogP contribution in [-0.4, -0.2) is 42.0 Å². The van der Waals surface area contributed by atoms with Crippen molar-refractivity contribution < 1.29 is 33.4 Å². The monoisotopic (exact) mass is 442 g/mol. The van der Waals surface area contributed by atoms with Crippen molar-refractivity contribution >= 4 is 23.7 Å². The van der Waals surface area contributed by atoms with Crippen LogP contribution >= 0.6 is 0 Å². The van der Waals surface area contributed by atoms with Crippen molar-refractivity contribution in [1.29, 1.82) is 0 Å². The Morgan fingerprint density at radius 2 is 1.84 bits per heavy atom. The Labute approximate surface area is 188 Å². The average Bonchev–Trinajstić information content (AvgIpc) is 3.16. The Kier molecular flexibility index (Phi) is 6.31. The molecule has 1 heterocycles. The summed E-state index contributed by atoms with van der Waals surface area (Å²) in [7, 11) is 0. The van der Waals surface area contributed by atoms with Crippen LogP contribution in [-0.2, 0) is 33.4 Å². The lowest BCUT2D eigenvalue weighted by atomic mass is 9.67. The van der Waals surface area contributed by atoms with E-state index >= 15 is 0 Å². The van der Waals surface area contributed by atoms with Gasteiger partial charge in [-0.15, -0.1) is 0 Å². The fourth-order valence-corrected chi connectivity index (χ4v) is 5.00. The van der Waals surface area contributed by atoms with E-state index in [0.29, 0.717) is 5.57 Å². The molecule has 32 heavy (non-hydrogen) atoms. The van der Waals surface area contributed by atoms with E-state index in [9.17, 15) is 19.2 Å². The fraction of sp³-hybridized carbons (Fsp3) is 0.520. The standard InChI is InChI=1S/C25H30O7/c1-8-13(4)23(28)32-22-19-15(6)24(29)31-21(19)20(30-18(27)11-12(2)3)14(5)16-9-10-17(26)25(16,22)7/h8-11,14,16,19-22H,6H2,1-5,7H3/b13-8-/t14-,16-,19?,20+,21-,22-,25-/m0/s1. The molecule has 0 aromatic rings. The van der Waals surface area contributed by atoms with Crippen molar-refractivity contribution in [3.8, 4) is 0 Å². The van der Waals surface area contributed by atoms with E-state index in [-0.39, 0.29) is 11.4 Å². The predicted octanol–water partition coefficient (Wildman–Crippen LogP) is 3.25. The lowest BCUT2D eigenvalue weighted by Crippen LogP contribution is -2.49. The lowest BCUT2D eigenvalue weighted by Gasteiger charge is -2.39. The predicted molar refractivity (Wildman–Crippen MR) is 116 cm³/mol.